The third-order valence-electron chi connectivity index (χ3n) is 2.28. The first kappa shape index (κ1) is 14.0. The van der Waals surface area contributed by atoms with E-state index in [0.29, 0.717) is 30.9 Å². The molecular weight excluding hydrogens is 232 g/mol. The molecule has 6 heteroatoms. The summed E-state index contributed by atoms with van der Waals surface area (Å²) in [6.45, 7) is 3.05. The lowest BCUT2D eigenvalue weighted by Gasteiger charge is -2.09. The lowest BCUT2D eigenvalue weighted by Crippen LogP contribution is -2.26. The molecule has 0 aliphatic carbocycles. The smallest absolute Gasteiger partial charge is 0.255 e. The SMILES string of the molecule is CCNc1ncccc1C(=O)NCCCC(N)=O. The highest BCUT2D eigenvalue weighted by atomic mass is 16.2. The van der Waals surface area contributed by atoms with Crippen molar-refractivity contribution in [3.8, 4) is 0 Å². The summed E-state index contributed by atoms with van der Waals surface area (Å²) in [6.07, 6.45) is 2.44. The molecule has 6 nitrogen and oxygen atoms in total. The molecule has 1 rings (SSSR count). The molecule has 0 aromatic carbocycles. The van der Waals surface area contributed by atoms with Crippen molar-refractivity contribution in [3.63, 3.8) is 0 Å². The zero-order valence-electron chi connectivity index (χ0n) is 10.4. The monoisotopic (exact) mass is 250 g/mol. The summed E-state index contributed by atoms with van der Waals surface area (Å²) in [5.41, 5.74) is 5.51. The first-order valence-corrected chi connectivity index (χ1v) is 5.90. The fraction of sp³-hybridized carbons (Fsp3) is 0.417. The lowest BCUT2D eigenvalue weighted by molar-refractivity contribution is -0.118. The highest BCUT2D eigenvalue weighted by Crippen LogP contribution is 2.10. The van der Waals surface area contributed by atoms with Crippen LogP contribution >= 0.6 is 0 Å². The Bertz CT molecular complexity index is 420. The van der Waals surface area contributed by atoms with E-state index in [-0.39, 0.29) is 18.2 Å². The number of pyridine rings is 1. The van der Waals surface area contributed by atoms with Gasteiger partial charge < -0.3 is 16.4 Å². The maximum Gasteiger partial charge on any atom is 0.255 e. The summed E-state index contributed by atoms with van der Waals surface area (Å²) in [4.78, 5) is 26.5. The van der Waals surface area contributed by atoms with E-state index in [1.165, 1.54) is 0 Å². The number of hydrogen-bond acceptors (Lipinski definition) is 4. The summed E-state index contributed by atoms with van der Waals surface area (Å²) in [5, 5.41) is 5.75. The maximum absolute atomic E-state index is 11.9. The van der Waals surface area contributed by atoms with Crippen LogP contribution in [0.1, 0.15) is 30.1 Å². The average Bonchev–Trinajstić information content (AvgIpc) is 2.35. The van der Waals surface area contributed by atoms with Crippen LogP contribution in [0, 0.1) is 0 Å². The molecule has 2 amide bonds. The van der Waals surface area contributed by atoms with Crippen LogP contribution in [0.15, 0.2) is 18.3 Å². The van der Waals surface area contributed by atoms with Crippen molar-refractivity contribution in [2.45, 2.75) is 19.8 Å². The van der Waals surface area contributed by atoms with Gasteiger partial charge in [0, 0.05) is 25.7 Å². The number of carbonyl (C=O) groups is 2. The molecule has 1 aromatic rings. The van der Waals surface area contributed by atoms with Gasteiger partial charge in [0.1, 0.15) is 5.82 Å². The second-order valence-electron chi connectivity index (χ2n) is 3.76. The van der Waals surface area contributed by atoms with E-state index in [4.69, 9.17) is 5.73 Å². The molecule has 4 N–H and O–H groups in total. The molecule has 18 heavy (non-hydrogen) atoms. The van der Waals surface area contributed by atoms with E-state index in [9.17, 15) is 9.59 Å². The van der Waals surface area contributed by atoms with Crippen LogP contribution in [-0.4, -0.2) is 29.9 Å². The van der Waals surface area contributed by atoms with Crippen LogP contribution in [0.5, 0.6) is 0 Å². The zero-order chi connectivity index (χ0) is 13.4. The largest absolute Gasteiger partial charge is 0.370 e. The molecule has 0 radical (unpaired) electrons. The van der Waals surface area contributed by atoms with Gasteiger partial charge in [0.25, 0.3) is 5.91 Å². The van der Waals surface area contributed by atoms with Crippen molar-refractivity contribution in [2.24, 2.45) is 5.73 Å². The van der Waals surface area contributed by atoms with Gasteiger partial charge in [0.05, 0.1) is 5.56 Å². The van der Waals surface area contributed by atoms with Gasteiger partial charge in [-0.2, -0.15) is 0 Å². The van der Waals surface area contributed by atoms with Crippen LogP contribution in [0.2, 0.25) is 0 Å². The highest BCUT2D eigenvalue weighted by Gasteiger charge is 2.10. The molecule has 1 heterocycles. The highest BCUT2D eigenvalue weighted by molar-refractivity contribution is 5.98. The van der Waals surface area contributed by atoms with E-state index in [2.05, 4.69) is 15.6 Å². The minimum absolute atomic E-state index is 0.205. The standard InChI is InChI=1S/C12H18N4O2/c1-2-14-11-9(5-3-7-15-11)12(18)16-8-4-6-10(13)17/h3,5,7H,2,4,6,8H2,1H3,(H2,13,17)(H,14,15)(H,16,18). The van der Waals surface area contributed by atoms with Crippen LogP contribution in [0.25, 0.3) is 0 Å². The maximum atomic E-state index is 11.9. The quantitative estimate of drug-likeness (QED) is 0.614. The fourth-order valence-electron chi connectivity index (χ4n) is 1.46. The van der Waals surface area contributed by atoms with Crippen molar-refractivity contribution in [1.29, 1.82) is 0 Å². The van der Waals surface area contributed by atoms with E-state index in [1.807, 2.05) is 6.92 Å². The van der Waals surface area contributed by atoms with Crippen molar-refractivity contribution in [1.82, 2.24) is 10.3 Å². The van der Waals surface area contributed by atoms with Gasteiger partial charge in [-0.1, -0.05) is 0 Å². The molecular formula is C12H18N4O2. The average molecular weight is 250 g/mol. The van der Waals surface area contributed by atoms with Crippen LogP contribution < -0.4 is 16.4 Å². The summed E-state index contributed by atoms with van der Waals surface area (Å²) < 4.78 is 0. The summed E-state index contributed by atoms with van der Waals surface area (Å²) >= 11 is 0. The van der Waals surface area contributed by atoms with E-state index in [1.54, 1.807) is 18.3 Å². The Morgan fingerprint density at radius 2 is 2.22 bits per heavy atom. The first-order valence-electron chi connectivity index (χ1n) is 5.90. The predicted molar refractivity (Wildman–Crippen MR) is 69.2 cm³/mol. The van der Waals surface area contributed by atoms with Gasteiger partial charge in [-0.3, -0.25) is 9.59 Å². The molecule has 0 aliphatic heterocycles. The second-order valence-corrected chi connectivity index (χ2v) is 3.76. The second kappa shape index (κ2) is 7.26. The molecule has 0 atom stereocenters. The molecule has 0 aliphatic rings. The van der Waals surface area contributed by atoms with Gasteiger partial charge in [-0.05, 0) is 25.5 Å². The topological polar surface area (TPSA) is 97.1 Å². The van der Waals surface area contributed by atoms with Crippen molar-refractivity contribution >= 4 is 17.6 Å². The first-order chi connectivity index (χ1) is 8.65. The third-order valence-corrected chi connectivity index (χ3v) is 2.28. The van der Waals surface area contributed by atoms with E-state index >= 15 is 0 Å². The van der Waals surface area contributed by atoms with Crippen molar-refractivity contribution in [2.75, 3.05) is 18.4 Å². The number of aromatic nitrogens is 1. The Morgan fingerprint density at radius 3 is 2.89 bits per heavy atom. The van der Waals surface area contributed by atoms with E-state index < -0.39 is 0 Å². The van der Waals surface area contributed by atoms with Crippen LogP contribution in [0.4, 0.5) is 5.82 Å². The Morgan fingerprint density at radius 1 is 1.44 bits per heavy atom. The molecule has 98 valence electrons. The number of anilines is 1. The van der Waals surface area contributed by atoms with Gasteiger partial charge in [-0.15, -0.1) is 0 Å². The Kier molecular flexibility index (Phi) is 5.63. The normalized spacial score (nSPS) is 9.83. The van der Waals surface area contributed by atoms with Gasteiger partial charge >= 0.3 is 0 Å². The van der Waals surface area contributed by atoms with Crippen molar-refractivity contribution < 1.29 is 9.59 Å². The minimum atomic E-state index is -0.362. The molecule has 0 spiro atoms. The molecule has 0 saturated carbocycles. The number of nitrogens with two attached hydrogens (primary N) is 1. The molecule has 0 unspecified atom stereocenters. The number of rotatable bonds is 7. The number of amides is 2. The number of nitrogens with zero attached hydrogens (tertiary/aromatic N) is 1. The Labute approximate surface area is 106 Å². The Balaban J connectivity index is 2.53. The van der Waals surface area contributed by atoms with Gasteiger partial charge in [-0.25, -0.2) is 4.98 Å². The zero-order valence-corrected chi connectivity index (χ0v) is 10.4. The number of carbonyl (C=O) groups excluding carboxylic acids is 2. The number of primary amides is 1. The van der Waals surface area contributed by atoms with Gasteiger partial charge in [0.2, 0.25) is 5.91 Å². The summed E-state index contributed by atoms with van der Waals surface area (Å²) in [6, 6.07) is 3.41. The summed E-state index contributed by atoms with van der Waals surface area (Å²) in [5.74, 6) is -0.00473. The van der Waals surface area contributed by atoms with Crippen LogP contribution in [0.3, 0.4) is 0 Å². The number of hydrogen-bond donors (Lipinski definition) is 3. The molecule has 0 fully saturated rings. The number of nitrogens with one attached hydrogen (secondary N) is 2. The Hall–Kier alpha value is -2.11. The third kappa shape index (κ3) is 4.40. The minimum Gasteiger partial charge on any atom is -0.370 e. The molecule has 0 saturated heterocycles. The predicted octanol–water partition coefficient (Wildman–Crippen LogP) is 0.509. The fourth-order valence-corrected chi connectivity index (χ4v) is 1.46. The molecule has 1 aromatic heterocycles. The summed E-state index contributed by atoms with van der Waals surface area (Å²) in [7, 11) is 0. The van der Waals surface area contributed by atoms with E-state index in [0.717, 1.165) is 0 Å². The van der Waals surface area contributed by atoms with Crippen molar-refractivity contribution in [3.05, 3.63) is 23.9 Å². The lowest BCUT2D eigenvalue weighted by atomic mass is 10.2. The van der Waals surface area contributed by atoms with Crippen LogP contribution in [-0.2, 0) is 4.79 Å². The van der Waals surface area contributed by atoms with Gasteiger partial charge in [0.15, 0.2) is 0 Å². The molecule has 0 bridgehead atoms.